The van der Waals surface area contributed by atoms with E-state index in [1.54, 1.807) is 6.92 Å². The zero-order chi connectivity index (χ0) is 15.7. The number of nitro groups is 1. The number of unbranched alkanes of at least 4 members (excludes halogenated alkanes) is 5. The average molecular weight is 296 g/mol. The fourth-order valence-electron chi connectivity index (χ4n) is 2.16. The zero-order valence-electron chi connectivity index (χ0n) is 12.8. The number of carbonyl (C=O) groups excluding carboxylic acids is 1. The summed E-state index contributed by atoms with van der Waals surface area (Å²) in [5.74, 6) is -0.480. The van der Waals surface area contributed by atoms with Crippen LogP contribution in [0, 0.1) is 10.1 Å². The lowest BCUT2D eigenvalue weighted by atomic mass is 10.1. The molecule has 0 unspecified atom stereocenters. The van der Waals surface area contributed by atoms with Crippen LogP contribution in [-0.2, 0) is 6.42 Å². The Hall–Kier alpha value is -1.92. The number of carbonyl (C=O) groups is 1. The van der Waals surface area contributed by atoms with Crippen LogP contribution in [0.15, 0.2) is 0 Å². The molecule has 1 aromatic rings. The summed E-state index contributed by atoms with van der Waals surface area (Å²) in [6.07, 6.45) is 7.21. The van der Waals surface area contributed by atoms with Gasteiger partial charge in [-0.1, -0.05) is 46.0 Å². The lowest BCUT2D eigenvalue weighted by molar-refractivity contribution is -0.385. The quantitative estimate of drug-likeness (QED) is 0.393. The highest BCUT2D eigenvalue weighted by Crippen LogP contribution is 2.21. The molecule has 0 saturated carbocycles. The van der Waals surface area contributed by atoms with Crippen molar-refractivity contribution in [2.24, 2.45) is 0 Å². The highest BCUT2D eigenvalue weighted by Gasteiger charge is 2.27. The van der Waals surface area contributed by atoms with E-state index in [1.165, 1.54) is 19.3 Å². The lowest BCUT2D eigenvalue weighted by Crippen LogP contribution is -2.25. The molecule has 7 nitrogen and oxygen atoms in total. The number of amides is 1. The van der Waals surface area contributed by atoms with Crippen molar-refractivity contribution in [2.75, 3.05) is 6.54 Å². The maximum atomic E-state index is 11.9. The topological polar surface area (TPSA) is 101 Å². The predicted molar refractivity (Wildman–Crippen MR) is 80.3 cm³/mol. The van der Waals surface area contributed by atoms with Gasteiger partial charge in [0.05, 0.1) is 4.92 Å². The van der Waals surface area contributed by atoms with Crippen molar-refractivity contribution in [3.63, 3.8) is 0 Å². The first-order chi connectivity index (χ1) is 10.1. The van der Waals surface area contributed by atoms with Crippen LogP contribution in [-0.4, -0.2) is 27.6 Å². The van der Waals surface area contributed by atoms with Crippen molar-refractivity contribution < 1.29 is 9.72 Å². The van der Waals surface area contributed by atoms with E-state index in [-0.39, 0.29) is 11.4 Å². The van der Waals surface area contributed by atoms with E-state index in [9.17, 15) is 14.9 Å². The number of H-pyrrole nitrogens is 1. The normalized spacial score (nSPS) is 10.6. The Balaban J connectivity index is 2.42. The third-order valence-corrected chi connectivity index (χ3v) is 3.38. The molecule has 0 bridgehead atoms. The van der Waals surface area contributed by atoms with E-state index in [0.29, 0.717) is 18.7 Å². The molecule has 0 atom stereocenters. The van der Waals surface area contributed by atoms with Gasteiger partial charge in [-0.25, -0.2) is 0 Å². The molecule has 0 aliphatic rings. The van der Waals surface area contributed by atoms with Gasteiger partial charge in [-0.3, -0.25) is 20.0 Å². The van der Waals surface area contributed by atoms with E-state index in [0.717, 1.165) is 19.3 Å². The molecule has 0 aliphatic heterocycles. The Morgan fingerprint density at radius 1 is 1.24 bits per heavy atom. The van der Waals surface area contributed by atoms with E-state index < -0.39 is 10.8 Å². The Kier molecular flexibility index (Phi) is 7.42. The number of nitrogens with zero attached hydrogens (tertiary/aromatic N) is 2. The fraction of sp³-hybridized carbons (Fsp3) is 0.714. The van der Waals surface area contributed by atoms with Crippen LogP contribution in [0.2, 0.25) is 0 Å². The first kappa shape index (κ1) is 17.1. The van der Waals surface area contributed by atoms with Crippen LogP contribution >= 0.6 is 0 Å². The predicted octanol–water partition coefficient (Wildman–Crippen LogP) is 2.97. The molecule has 2 N–H and O–H groups in total. The van der Waals surface area contributed by atoms with Gasteiger partial charge in [0.25, 0.3) is 5.91 Å². The molecule has 0 fully saturated rings. The van der Waals surface area contributed by atoms with Gasteiger partial charge >= 0.3 is 5.69 Å². The Morgan fingerprint density at radius 3 is 2.52 bits per heavy atom. The number of hydrogen-bond donors (Lipinski definition) is 2. The highest BCUT2D eigenvalue weighted by molar-refractivity contribution is 5.96. The molecule has 21 heavy (non-hydrogen) atoms. The molecule has 1 heterocycles. The van der Waals surface area contributed by atoms with Crippen molar-refractivity contribution >= 4 is 11.6 Å². The number of aryl methyl sites for hydroxylation is 1. The van der Waals surface area contributed by atoms with E-state index in [1.807, 2.05) is 0 Å². The van der Waals surface area contributed by atoms with Crippen LogP contribution in [0.3, 0.4) is 0 Å². The van der Waals surface area contributed by atoms with Crippen molar-refractivity contribution in [3.05, 3.63) is 21.5 Å². The zero-order valence-corrected chi connectivity index (χ0v) is 12.8. The van der Waals surface area contributed by atoms with Crippen LogP contribution < -0.4 is 5.32 Å². The second-order valence-electron chi connectivity index (χ2n) is 5.03. The monoisotopic (exact) mass is 296 g/mol. The molecular weight excluding hydrogens is 272 g/mol. The van der Waals surface area contributed by atoms with Crippen molar-refractivity contribution in [1.29, 1.82) is 0 Å². The van der Waals surface area contributed by atoms with Crippen LogP contribution in [0.5, 0.6) is 0 Å². The van der Waals surface area contributed by atoms with E-state index >= 15 is 0 Å². The van der Waals surface area contributed by atoms with Crippen molar-refractivity contribution in [3.8, 4) is 0 Å². The number of hydrogen-bond acceptors (Lipinski definition) is 4. The average Bonchev–Trinajstić information content (AvgIpc) is 2.90. The molecule has 118 valence electrons. The van der Waals surface area contributed by atoms with Gasteiger partial charge in [-0.15, -0.1) is 0 Å². The first-order valence-corrected chi connectivity index (χ1v) is 7.61. The van der Waals surface area contributed by atoms with Crippen molar-refractivity contribution in [1.82, 2.24) is 15.5 Å². The van der Waals surface area contributed by atoms with Gasteiger partial charge in [0.2, 0.25) is 5.69 Å². The summed E-state index contributed by atoms with van der Waals surface area (Å²) in [7, 11) is 0. The Labute approximate surface area is 124 Å². The van der Waals surface area contributed by atoms with E-state index in [2.05, 4.69) is 22.4 Å². The number of aromatic nitrogens is 2. The standard InChI is InChI=1S/C14H24N4O3/c1-3-5-6-7-8-9-10-15-14(19)12-13(18(20)21)11(4-2)16-17-12/h3-10H2,1-2H3,(H,15,19)(H,16,17). The Bertz CT molecular complexity index is 471. The summed E-state index contributed by atoms with van der Waals surface area (Å²) < 4.78 is 0. The molecule has 0 aliphatic carbocycles. The smallest absolute Gasteiger partial charge is 0.322 e. The molecular formula is C14H24N4O3. The van der Waals surface area contributed by atoms with Crippen LogP contribution in [0.4, 0.5) is 5.69 Å². The molecule has 0 saturated heterocycles. The summed E-state index contributed by atoms with van der Waals surface area (Å²) >= 11 is 0. The molecule has 1 rings (SSSR count). The van der Waals surface area contributed by atoms with Crippen LogP contribution in [0.25, 0.3) is 0 Å². The summed E-state index contributed by atoms with van der Waals surface area (Å²) in [6.45, 7) is 4.47. The number of nitrogens with one attached hydrogen (secondary N) is 2. The van der Waals surface area contributed by atoms with Gasteiger partial charge in [0.1, 0.15) is 5.69 Å². The summed E-state index contributed by atoms with van der Waals surface area (Å²) in [5.41, 5.74) is 0.0468. The van der Waals surface area contributed by atoms with Crippen molar-refractivity contribution in [2.45, 2.75) is 58.8 Å². The van der Waals surface area contributed by atoms with Gasteiger partial charge in [0.15, 0.2) is 0 Å². The summed E-state index contributed by atoms with van der Waals surface area (Å²) in [6, 6.07) is 0. The van der Waals surface area contributed by atoms with E-state index in [4.69, 9.17) is 0 Å². The van der Waals surface area contributed by atoms with Gasteiger partial charge < -0.3 is 5.32 Å². The molecule has 0 aromatic carbocycles. The van der Waals surface area contributed by atoms with Gasteiger partial charge in [-0.2, -0.15) is 5.10 Å². The highest BCUT2D eigenvalue weighted by atomic mass is 16.6. The second-order valence-corrected chi connectivity index (χ2v) is 5.03. The largest absolute Gasteiger partial charge is 0.350 e. The molecule has 7 heteroatoms. The Morgan fingerprint density at radius 2 is 1.90 bits per heavy atom. The summed E-state index contributed by atoms with van der Waals surface area (Å²) in [4.78, 5) is 22.4. The maximum Gasteiger partial charge on any atom is 0.322 e. The molecule has 1 amide bonds. The van der Waals surface area contributed by atoms with Gasteiger partial charge in [-0.05, 0) is 12.8 Å². The van der Waals surface area contributed by atoms with Crippen LogP contribution in [0.1, 0.15) is 68.6 Å². The minimum atomic E-state index is -0.554. The number of rotatable bonds is 10. The third kappa shape index (κ3) is 5.17. The van der Waals surface area contributed by atoms with Gasteiger partial charge in [0, 0.05) is 6.54 Å². The number of aromatic amines is 1. The maximum absolute atomic E-state index is 11.9. The SMILES string of the molecule is CCCCCCCCNC(=O)c1n[nH]c(CC)c1[N+](=O)[O-]. The second kappa shape index (κ2) is 9.10. The fourth-order valence-corrected chi connectivity index (χ4v) is 2.16. The molecule has 0 radical (unpaired) electrons. The minimum absolute atomic E-state index is 0.122. The molecule has 0 spiro atoms. The third-order valence-electron chi connectivity index (χ3n) is 3.38. The minimum Gasteiger partial charge on any atom is -0.350 e. The molecule has 1 aromatic heterocycles. The lowest BCUT2D eigenvalue weighted by Gasteiger charge is -2.03. The first-order valence-electron chi connectivity index (χ1n) is 7.61. The summed E-state index contributed by atoms with van der Waals surface area (Å²) in [5, 5.41) is 20.0.